The van der Waals surface area contributed by atoms with Gasteiger partial charge in [0, 0.05) is 55.9 Å². The van der Waals surface area contributed by atoms with Crippen molar-refractivity contribution in [2.45, 2.75) is 13.0 Å². The lowest BCUT2D eigenvalue weighted by molar-refractivity contribution is -0.126. The molecule has 10 heteroatoms. The molecule has 0 bridgehead atoms. The molecule has 178 valence electrons. The third-order valence-electron chi connectivity index (χ3n) is 6.35. The van der Waals surface area contributed by atoms with Crippen molar-refractivity contribution in [2.24, 2.45) is 0 Å². The second-order valence-electron chi connectivity index (χ2n) is 8.68. The Morgan fingerprint density at radius 1 is 1.24 bits per heavy atom. The number of carbonyl (C=O) groups excluding carboxylic acids is 1. The molecule has 0 atom stereocenters. The van der Waals surface area contributed by atoms with Crippen LogP contribution in [0.4, 0.5) is 15.9 Å². The number of thiophene rings is 1. The van der Waals surface area contributed by atoms with Gasteiger partial charge in [-0.05, 0) is 37.2 Å². The standard InChI is InChI=1S/C24H26ClFN6OS/c1-30-9-11-31(12-10-30)7-2-3-21(33)32-8-6-17-20(14-32)34-24-22(17)23(27-15-28-24)29-16-4-5-19(26)18(25)13-16/h2-5,13,15H,6-12,14H2,1H3,(H,27,28,29)/b3-2+. The van der Waals surface area contributed by atoms with E-state index in [4.69, 9.17) is 11.6 Å². The average Bonchev–Trinajstić information content (AvgIpc) is 3.21. The van der Waals surface area contributed by atoms with Crippen LogP contribution in [0.15, 0.2) is 36.7 Å². The Kier molecular flexibility index (Phi) is 6.78. The maximum Gasteiger partial charge on any atom is 0.246 e. The highest BCUT2D eigenvalue weighted by atomic mass is 35.5. The van der Waals surface area contributed by atoms with Gasteiger partial charge in [-0.1, -0.05) is 17.7 Å². The summed E-state index contributed by atoms with van der Waals surface area (Å²) in [6, 6.07) is 4.49. The van der Waals surface area contributed by atoms with Gasteiger partial charge in [0.05, 0.1) is 17.0 Å². The first-order valence-electron chi connectivity index (χ1n) is 11.3. The average molecular weight is 501 g/mol. The van der Waals surface area contributed by atoms with Crippen LogP contribution < -0.4 is 5.32 Å². The predicted octanol–water partition coefficient (Wildman–Crippen LogP) is 3.92. The number of rotatable bonds is 5. The van der Waals surface area contributed by atoms with Crippen molar-refractivity contribution in [3.8, 4) is 0 Å². The van der Waals surface area contributed by atoms with E-state index < -0.39 is 5.82 Å². The van der Waals surface area contributed by atoms with Gasteiger partial charge in [-0.15, -0.1) is 11.3 Å². The Morgan fingerprint density at radius 3 is 2.85 bits per heavy atom. The van der Waals surface area contributed by atoms with Crippen molar-refractivity contribution in [1.29, 1.82) is 0 Å². The van der Waals surface area contributed by atoms with Gasteiger partial charge in [-0.25, -0.2) is 14.4 Å². The number of benzene rings is 1. The third-order valence-corrected chi connectivity index (χ3v) is 7.77. The largest absolute Gasteiger partial charge is 0.340 e. The molecule has 2 aliphatic rings. The molecule has 5 rings (SSSR count). The van der Waals surface area contributed by atoms with Crippen LogP contribution in [0.2, 0.25) is 5.02 Å². The normalized spacial score (nSPS) is 17.4. The predicted molar refractivity (Wildman–Crippen MR) is 134 cm³/mol. The van der Waals surface area contributed by atoms with Crippen LogP contribution in [0.25, 0.3) is 10.2 Å². The summed E-state index contributed by atoms with van der Waals surface area (Å²) in [6.07, 6.45) is 5.94. The number of hydrogen-bond acceptors (Lipinski definition) is 7. The Morgan fingerprint density at radius 2 is 2.06 bits per heavy atom. The van der Waals surface area contributed by atoms with E-state index in [1.54, 1.807) is 29.5 Å². The number of amides is 1. The number of halogens is 2. The number of piperazine rings is 1. The quantitative estimate of drug-likeness (QED) is 0.536. The Hall–Kier alpha value is -2.59. The lowest BCUT2D eigenvalue weighted by Gasteiger charge is -2.31. The minimum Gasteiger partial charge on any atom is -0.340 e. The summed E-state index contributed by atoms with van der Waals surface area (Å²) in [7, 11) is 2.14. The number of aromatic nitrogens is 2. The first-order valence-corrected chi connectivity index (χ1v) is 12.5. The fourth-order valence-corrected chi connectivity index (χ4v) is 5.74. The minimum absolute atomic E-state index is 0.0441. The maximum absolute atomic E-state index is 13.5. The molecule has 0 aliphatic carbocycles. The van der Waals surface area contributed by atoms with Gasteiger partial charge >= 0.3 is 0 Å². The van der Waals surface area contributed by atoms with Crippen LogP contribution in [0, 0.1) is 5.82 Å². The van der Waals surface area contributed by atoms with E-state index >= 15 is 0 Å². The monoisotopic (exact) mass is 500 g/mol. The fourth-order valence-electron chi connectivity index (χ4n) is 4.36. The number of fused-ring (bicyclic) bond motifs is 3. The van der Waals surface area contributed by atoms with Crippen LogP contribution in [-0.2, 0) is 17.8 Å². The van der Waals surface area contributed by atoms with Gasteiger partial charge in [0.2, 0.25) is 5.91 Å². The summed E-state index contributed by atoms with van der Waals surface area (Å²) >= 11 is 7.52. The van der Waals surface area contributed by atoms with E-state index in [-0.39, 0.29) is 10.9 Å². The lowest BCUT2D eigenvalue weighted by Crippen LogP contribution is -2.44. The molecule has 0 radical (unpaired) electrons. The number of anilines is 2. The van der Waals surface area contributed by atoms with Crippen LogP contribution >= 0.6 is 22.9 Å². The fraction of sp³-hybridized carbons (Fsp3) is 0.375. The molecular formula is C24H26ClFN6OS. The van der Waals surface area contributed by atoms with Crippen LogP contribution in [0.5, 0.6) is 0 Å². The lowest BCUT2D eigenvalue weighted by atomic mass is 10.0. The van der Waals surface area contributed by atoms with Crippen LogP contribution in [-0.4, -0.2) is 76.9 Å². The zero-order chi connectivity index (χ0) is 23.7. The molecule has 1 saturated heterocycles. The molecule has 1 aromatic carbocycles. The zero-order valence-electron chi connectivity index (χ0n) is 18.9. The summed E-state index contributed by atoms with van der Waals surface area (Å²) in [5, 5.41) is 4.26. The summed E-state index contributed by atoms with van der Waals surface area (Å²) in [5.41, 5.74) is 1.83. The Labute approximate surface area is 206 Å². The molecule has 0 saturated carbocycles. The van der Waals surface area contributed by atoms with Gasteiger partial charge in [0.1, 0.15) is 22.8 Å². The Bertz CT molecular complexity index is 1240. The van der Waals surface area contributed by atoms with E-state index in [1.807, 2.05) is 11.0 Å². The van der Waals surface area contributed by atoms with Gasteiger partial charge in [0.25, 0.3) is 0 Å². The number of carbonyl (C=O) groups is 1. The van der Waals surface area contributed by atoms with Crippen LogP contribution in [0.3, 0.4) is 0 Å². The molecule has 3 aromatic rings. The smallest absolute Gasteiger partial charge is 0.246 e. The second kappa shape index (κ2) is 9.95. The summed E-state index contributed by atoms with van der Waals surface area (Å²) in [6.45, 7) is 6.21. The SMILES string of the molecule is CN1CCN(C/C=C/C(=O)N2CCc3c(sc4ncnc(Nc5ccc(F)c(Cl)c5)c34)C2)CC1. The summed E-state index contributed by atoms with van der Waals surface area (Å²) < 4.78 is 13.5. The summed E-state index contributed by atoms with van der Waals surface area (Å²) in [5.74, 6) is 0.245. The van der Waals surface area contributed by atoms with E-state index in [2.05, 4.69) is 32.1 Å². The highest BCUT2D eigenvalue weighted by Gasteiger charge is 2.25. The molecule has 0 spiro atoms. The number of likely N-dealkylation sites (N-methyl/N-ethyl adjacent to an activating group) is 1. The van der Waals surface area contributed by atoms with Crippen molar-refractivity contribution in [1.82, 2.24) is 24.7 Å². The van der Waals surface area contributed by atoms with Crippen molar-refractivity contribution in [2.75, 3.05) is 51.6 Å². The maximum atomic E-state index is 13.5. The Balaban J connectivity index is 1.29. The van der Waals surface area contributed by atoms with E-state index in [0.29, 0.717) is 24.6 Å². The van der Waals surface area contributed by atoms with Crippen molar-refractivity contribution >= 4 is 50.6 Å². The molecule has 2 aliphatic heterocycles. The molecule has 0 unspecified atom stereocenters. The van der Waals surface area contributed by atoms with Gasteiger partial charge in [-0.2, -0.15) is 0 Å². The van der Waals surface area contributed by atoms with E-state index in [9.17, 15) is 9.18 Å². The molecule has 1 fully saturated rings. The van der Waals surface area contributed by atoms with Gasteiger partial charge < -0.3 is 15.1 Å². The topological polar surface area (TPSA) is 64.6 Å². The highest BCUT2D eigenvalue weighted by Crippen LogP contribution is 2.38. The van der Waals surface area contributed by atoms with E-state index in [0.717, 1.165) is 54.2 Å². The first kappa shape index (κ1) is 23.2. The second-order valence-corrected chi connectivity index (χ2v) is 10.2. The molecular weight excluding hydrogens is 475 g/mol. The number of hydrogen-bond donors (Lipinski definition) is 1. The molecule has 34 heavy (non-hydrogen) atoms. The molecule has 1 N–H and O–H groups in total. The molecule has 2 aromatic heterocycles. The third kappa shape index (κ3) is 4.93. The molecule has 4 heterocycles. The molecule has 7 nitrogen and oxygen atoms in total. The zero-order valence-corrected chi connectivity index (χ0v) is 20.5. The molecule has 1 amide bonds. The highest BCUT2D eigenvalue weighted by molar-refractivity contribution is 7.19. The summed E-state index contributed by atoms with van der Waals surface area (Å²) in [4.78, 5) is 30.3. The van der Waals surface area contributed by atoms with Crippen molar-refractivity contribution in [3.05, 3.63) is 58.0 Å². The van der Waals surface area contributed by atoms with Crippen molar-refractivity contribution in [3.63, 3.8) is 0 Å². The van der Waals surface area contributed by atoms with Gasteiger partial charge in [0.15, 0.2) is 0 Å². The van der Waals surface area contributed by atoms with Gasteiger partial charge in [-0.3, -0.25) is 9.69 Å². The van der Waals surface area contributed by atoms with Crippen LogP contribution in [0.1, 0.15) is 10.4 Å². The number of nitrogens with zero attached hydrogens (tertiary/aromatic N) is 5. The number of nitrogens with one attached hydrogen (secondary N) is 1. The minimum atomic E-state index is -0.463. The van der Waals surface area contributed by atoms with E-state index in [1.165, 1.54) is 18.0 Å². The first-order chi connectivity index (χ1) is 16.5. The van der Waals surface area contributed by atoms with Crippen molar-refractivity contribution < 1.29 is 9.18 Å².